The predicted octanol–water partition coefficient (Wildman–Crippen LogP) is 5.31. The number of amides is 2. The zero-order valence-corrected chi connectivity index (χ0v) is 17.9. The molecule has 0 saturated heterocycles. The van der Waals surface area contributed by atoms with Crippen LogP contribution in [0.15, 0.2) is 72.2 Å². The Morgan fingerprint density at radius 2 is 1.64 bits per heavy atom. The number of H-pyrrole nitrogens is 1. The molecule has 0 aliphatic rings. The lowest BCUT2D eigenvalue weighted by atomic mass is 10.1. The van der Waals surface area contributed by atoms with Gasteiger partial charge in [0.25, 0.3) is 5.91 Å². The number of nitrogens with one attached hydrogen (secondary N) is 4. The minimum atomic E-state index is -4.59. The molecule has 0 aliphatic carbocycles. The van der Waals surface area contributed by atoms with E-state index >= 15 is 0 Å². The first-order valence-corrected chi connectivity index (χ1v) is 10.8. The highest BCUT2D eigenvalue weighted by Crippen LogP contribution is 2.36. The molecule has 0 bridgehead atoms. The van der Waals surface area contributed by atoms with Crippen molar-refractivity contribution >= 4 is 45.4 Å². The molecule has 2 amide bonds. The van der Waals surface area contributed by atoms with Crippen LogP contribution in [0.3, 0.4) is 0 Å². The van der Waals surface area contributed by atoms with Crippen molar-refractivity contribution in [1.29, 1.82) is 0 Å². The molecule has 2 aromatic carbocycles. The average Bonchev–Trinajstić information content (AvgIpc) is 3.45. The molecule has 33 heavy (non-hydrogen) atoms. The number of alkyl halides is 3. The number of aromatic nitrogens is 1. The molecule has 1 unspecified atom stereocenters. The lowest BCUT2D eigenvalue weighted by Crippen LogP contribution is -2.38. The molecule has 4 rings (SSSR count). The van der Waals surface area contributed by atoms with E-state index in [1.165, 1.54) is 17.5 Å². The Labute approximate surface area is 190 Å². The molecule has 0 spiro atoms. The second-order valence-corrected chi connectivity index (χ2v) is 8.15. The molecule has 0 saturated carbocycles. The van der Waals surface area contributed by atoms with Crippen LogP contribution in [-0.2, 0) is 4.79 Å². The van der Waals surface area contributed by atoms with Crippen LogP contribution in [0.25, 0.3) is 10.9 Å². The molecule has 0 radical (unpaired) electrons. The molecular weight excluding hydrogens is 453 g/mol. The number of hydrogen-bond donors (Lipinski definition) is 4. The summed E-state index contributed by atoms with van der Waals surface area (Å²) in [7, 11) is 0. The molecular formula is C23H19F3N4O2S. The highest BCUT2D eigenvalue weighted by Gasteiger charge is 2.42. The Morgan fingerprint density at radius 1 is 0.939 bits per heavy atom. The van der Waals surface area contributed by atoms with Crippen molar-refractivity contribution in [3.63, 3.8) is 0 Å². The standard InChI is InChI=1S/C23H19F3N4O2S/c24-23(25,26)21(17-12-27-18-5-2-1-4-16(17)18)28-13-20(31)29-14-7-9-15(10-8-14)30-22(32)19-6-3-11-33-19/h1-12,21,27-28H,13H2,(H,29,31)(H,30,32). The quantitative estimate of drug-likeness (QED) is 0.294. The van der Waals surface area contributed by atoms with Gasteiger partial charge in [0.1, 0.15) is 6.04 Å². The highest BCUT2D eigenvalue weighted by molar-refractivity contribution is 7.12. The van der Waals surface area contributed by atoms with E-state index in [-0.39, 0.29) is 11.5 Å². The summed E-state index contributed by atoms with van der Waals surface area (Å²) in [6, 6.07) is 14.4. The fraction of sp³-hybridized carbons (Fsp3) is 0.130. The van der Waals surface area contributed by atoms with Crippen molar-refractivity contribution in [1.82, 2.24) is 10.3 Å². The third-order valence-electron chi connectivity index (χ3n) is 4.90. The Balaban J connectivity index is 1.37. The molecule has 0 aliphatic heterocycles. The number of aromatic amines is 1. The van der Waals surface area contributed by atoms with Crippen molar-refractivity contribution in [2.75, 3.05) is 17.2 Å². The third-order valence-corrected chi connectivity index (χ3v) is 5.77. The first kappa shape index (κ1) is 22.6. The number of hydrogen-bond acceptors (Lipinski definition) is 4. The smallest absolute Gasteiger partial charge is 0.361 e. The zero-order chi connectivity index (χ0) is 23.4. The molecule has 10 heteroatoms. The summed E-state index contributed by atoms with van der Waals surface area (Å²) < 4.78 is 41.1. The van der Waals surface area contributed by atoms with Gasteiger partial charge in [-0.2, -0.15) is 13.2 Å². The van der Waals surface area contributed by atoms with Crippen molar-refractivity contribution in [3.05, 3.63) is 82.7 Å². The maximum absolute atomic E-state index is 13.7. The summed E-state index contributed by atoms with van der Waals surface area (Å²) >= 11 is 1.31. The van der Waals surface area contributed by atoms with E-state index in [9.17, 15) is 22.8 Å². The average molecular weight is 472 g/mol. The Morgan fingerprint density at radius 3 is 2.30 bits per heavy atom. The second kappa shape index (κ2) is 9.47. The van der Waals surface area contributed by atoms with Gasteiger partial charge in [-0.25, -0.2) is 0 Å². The fourth-order valence-corrected chi connectivity index (χ4v) is 3.99. The van der Waals surface area contributed by atoms with Gasteiger partial charge in [0.2, 0.25) is 5.91 Å². The largest absolute Gasteiger partial charge is 0.407 e. The number of thiophene rings is 1. The van der Waals surface area contributed by atoms with Gasteiger partial charge in [0, 0.05) is 34.0 Å². The van der Waals surface area contributed by atoms with Crippen LogP contribution >= 0.6 is 11.3 Å². The fourth-order valence-electron chi connectivity index (χ4n) is 3.37. The number of fused-ring (bicyclic) bond motifs is 1. The van der Waals surface area contributed by atoms with Gasteiger partial charge in [-0.15, -0.1) is 11.3 Å². The van der Waals surface area contributed by atoms with E-state index in [0.29, 0.717) is 27.2 Å². The SMILES string of the molecule is O=C(CNC(c1c[nH]c2ccccc12)C(F)(F)F)Nc1ccc(NC(=O)c2cccs2)cc1. The molecule has 2 heterocycles. The van der Waals surface area contributed by atoms with Gasteiger partial charge in [0.05, 0.1) is 11.4 Å². The summed E-state index contributed by atoms with van der Waals surface area (Å²) in [5.41, 5.74) is 1.53. The molecule has 6 nitrogen and oxygen atoms in total. The van der Waals surface area contributed by atoms with Crippen LogP contribution in [0.2, 0.25) is 0 Å². The Kier molecular flexibility index (Phi) is 6.47. The summed E-state index contributed by atoms with van der Waals surface area (Å²) in [6.45, 7) is -0.541. The van der Waals surface area contributed by atoms with E-state index in [1.54, 1.807) is 66.0 Å². The lowest BCUT2D eigenvalue weighted by molar-refractivity contribution is -0.157. The molecule has 1 atom stereocenters. The van der Waals surface area contributed by atoms with Crippen LogP contribution in [0.1, 0.15) is 21.3 Å². The van der Waals surface area contributed by atoms with Crippen LogP contribution in [0, 0.1) is 0 Å². The minimum absolute atomic E-state index is 0.0248. The van der Waals surface area contributed by atoms with E-state index in [0.717, 1.165) is 0 Å². The first-order chi connectivity index (χ1) is 15.8. The number of carbonyl (C=O) groups excluding carboxylic acids is 2. The minimum Gasteiger partial charge on any atom is -0.361 e. The normalized spacial score (nSPS) is 12.5. The van der Waals surface area contributed by atoms with Gasteiger partial charge in [0.15, 0.2) is 0 Å². The number of benzene rings is 2. The summed E-state index contributed by atoms with van der Waals surface area (Å²) in [5, 5.41) is 9.83. The van der Waals surface area contributed by atoms with E-state index < -0.39 is 24.7 Å². The van der Waals surface area contributed by atoms with Gasteiger partial charge >= 0.3 is 6.18 Å². The van der Waals surface area contributed by atoms with Crippen molar-refractivity contribution in [3.8, 4) is 0 Å². The van der Waals surface area contributed by atoms with Gasteiger partial charge in [-0.1, -0.05) is 24.3 Å². The lowest BCUT2D eigenvalue weighted by Gasteiger charge is -2.21. The number of anilines is 2. The van der Waals surface area contributed by atoms with Crippen molar-refractivity contribution in [2.24, 2.45) is 0 Å². The van der Waals surface area contributed by atoms with Crippen LogP contribution in [-0.4, -0.2) is 29.5 Å². The maximum Gasteiger partial charge on any atom is 0.407 e. The molecule has 170 valence electrons. The maximum atomic E-state index is 13.7. The van der Waals surface area contributed by atoms with Crippen LogP contribution in [0.5, 0.6) is 0 Å². The predicted molar refractivity (Wildman–Crippen MR) is 122 cm³/mol. The van der Waals surface area contributed by atoms with Crippen molar-refractivity contribution in [2.45, 2.75) is 12.2 Å². The Hall–Kier alpha value is -3.63. The van der Waals surface area contributed by atoms with Crippen molar-refractivity contribution < 1.29 is 22.8 Å². The molecule has 4 aromatic rings. The molecule has 0 fully saturated rings. The topological polar surface area (TPSA) is 86.0 Å². The first-order valence-electron chi connectivity index (χ1n) is 9.92. The monoisotopic (exact) mass is 472 g/mol. The number of para-hydroxylation sites is 1. The summed E-state index contributed by atoms with van der Waals surface area (Å²) in [5.74, 6) is -0.874. The van der Waals surface area contributed by atoms with Gasteiger partial charge < -0.3 is 15.6 Å². The molecule has 4 N–H and O–H groups in total. The van der Waals surface area contributed by atoms with Crippen LogP contribution < -0.4 is 16.0 Å². The third kappa shape index (κ3) is 5.41. The van der Waals surface area contributed by atoms with Gasteiger partial charge in [-0.05, 0) is 41.8 Å². The molecule has 2 aromatic heterocycles. The van der Waals surface area contributed by atoms with E-state index in [2.05, 4.69) is 20.9 Å². The second-order valence-electron chi connectivity index (χ2n) is 7.20. The highest BCUT2D eigenvalue weighted by atomic mass is 32.1. The van der Waals surface area contributed by atoms with Gasteiger partial charge in [-0.3, -0.25) is 14.9 Å². The summed E-state index contributed by atoms with van der Waals surface area (Å²) in [6.07, 6.45) is -3.29. The number of carbonyl (C=O) groups is 2. The number of halogens is 3. The van der Waals surface area contributed by atoms with E-state index in [1.807, 2.05) is 0 Å². The zero-order valence-electron chi connectivity index (χ0n) is 17.1. The number of rotatable bonds is 7. The summed E-state index contributed by atoms with van der Waals surface area (Å²) in [4.78, 5) is 27.7. The van der Waals surface area contributed by atoms with E-state index in [4.69, 9.17) is 0 Å². The van der Waals surface area contributed by atoms with Crippen LogP contribution in [0.4, 0.5) is 24.5 Å². The Bertz CT molecular complexity index is 1250.